The molecule has 20 heavy (non-hydrogen) atoms. The Balaban J connectivity index is 2.81. The molecule has 114 valence electrons. The number of hydrogen-bond donors (Lipinski definition) is 2. The molecule has 1 aliphatic rings. The third kappa shape index (κ3) is 5.69. The van der Waals surface area contributed by atoms with Crippen LogP contribution in [0.2, 0.25) is 0 Å². The summed E-state index contributed by atoms with van der Waals surface area (Å²) in [4.78, 5) is 16.4. The van der Waals surface area contributed by atoms with Crippen LogP contribution in [0.25, 0.3) is 0 Å². The first kappa shape index (κ1) is 17.9. The molecule has 0 aromatic rings. The van der Waals surface area contributed by atoms with E-state index in [-0.39, 0.29) is 39.2 Å². The maximum absolute atomic E-state index is 12.1. The van der Waals surface area contributed by atoms with Crippen molar-refractivity contribution in [3.63, 3.8) is 0 Å². The van der Waals surface area contributed by atoms with Gasteiger partial charge in [0.2, 0.25) is 0 Å². The molecule has 2 N–H and O–H groups in total. The fourth-order valence-corrected chi connectivity index (χ4v) is 5.41. The molecule has 0 amide bonds. The van der Waals surface area contributed by atoms with Crippen molar-refractivity contribution < 1.29 is 36.2 Å². The van der Waals surface area contributed by atoms with Gasteiger partial charge in [0.15, 0.2) is 0 Å². The first-order chi connectivity index (χ1) is 9.45. The predicted octanol–water partition coefficient (Wildman–Crippen LogP) is -0.0391. The number of aliphatic hydroxyl groups excluding tert-OH is 2. The van der Waals surface area contributed by atoms with Gasteiger partial charge in [-0.15, -0.1) is 0 Å². The van der Waals surface area contributed by atoms with Gasteiger partial charge in [-0.3, -0.25) is 0 Å². The Morgan fingerprint density at radius 3 is 2.75 bits per heavy atom. The average molecular weight is 503 g/mol. The molecule has 0 bridgehead atoms. The maximum atomic E-state index is 12.1. The van der Waals surface area contributed by atoms with E-state index in [2.05, 4.69) is 13.9 Å². The van der Waals surface area contributed by atoms with Crippen LogP contribution in [0.3, 0.4) is 0 Å². The summed E-state index contributed by atoms with van der Waals surface area (Å²) in [6.45, 7) is 1.72. The van der Waals surface area contributed by atoms with Crippen LogP contribution < -0.4 is 21.2 Å². The molecule has 0 fully saturated rings. The van der Waals surface area contributed by atoms with Gasteiger partial charge in [-0.2, -0.15) is 0 Å². The quantitative estimate of drug-likeness (QED) is 0.232. The SMILES string of the molecule is C/C=C(O)\C(=C/I(C)C)C(O)CC(=O)C1=CC[I-]C=C1. The van der Waals surface area contributed by atoms with E-state index in [1.165, 1.54) is 0 Å². The predicted molar refractivity (Wildman–Crippen MR) is 88.1 cm³/mol. The fourth-order valence-electron chi connectivity index (χ4n) is 1.67. The van der Waals surface area contributed by atoms with Crippen LogP contribution >= 0.6 is 19.8 Å². The molecule has 1 aliphatic heterocycles. The zero-order chi connectivity index (χ0) is 15.1. The Morgan fingerprint density at radius 1 is 1.55 bits per heavy atom. The zero-order valence-electron chi connectivity index (χ0n) is 11.9. The van der Waals surface area contributed by atoms with Crippen LogP contribution in [0.15, 0.2) is 43.3 Å². The summed E-state index contributed by atoms with van der Waals surface area (Å²) >= 11 is -1.18. The summed E-state index contributed by atoms with van der Waals surface area (Å²) < 4.78 is 5.02. The minimum absolute atomic E-state index is 0.0300. The zero-order valence-corrected chi connectivity index (χ0v) is 16.3. The van der Waals surface area contributed by atoms with Crippen molar-refractivity contribution in [1.29, 1.82) is 0 Å². The monoisotopic (exact) mass is 503 g/mol. The van der Waals surface area contributed by atoms with Gasteiger partial charge in [-0.05, 0) is 0 Å². The molecule has 1 atom stereocenters. The summed E-state index contributed by atoms with van der Waals surface area (Å²) in [7, 11) is 0. The summed E-state index contributed by atoms with van der Waals surface area (Å²) in [5.41, 5.74) is 1.20. The van der Waals surface area contributed by atoms with Gasteiger partial charge in [-0.25, -0.2) is 0 Å². The van der Waals surface area contributed by atoms with E-state index in [1.807, 2.05) is 16.2 Å². The molecule has 1 rings (SSSR count). The number of ketones is 1. The molecular weight excluding hydrogens is 482 g/mol. The Labute approximate surface area is 138 Å². The van der Waals surface area contributed by atoms with E-state index in [0.717, 1.165) is 4.43 Å². The fraction of sp³-hybridized carbons (Fsp3) is 0.400. The Hall–Kier alpha value is -0.150. The topological polar surface area (TPSA) is 57.5 Å². The van der Waals surface area contributed by atoms with Crippen molar-refractivity contribution in [3.8, 4) is 0 Å². The minimum atomic E-state index is -1.26. The third-order valence-electron chi connectivity index (χ3n) is 2.68. The Bertz CT molecular complexity index is 474. The second-order valence-corrected chi connectivity index (χ2v) is 12.2. The number of Topliss-reactive ketones (excluding diaryl/α,β-unsaturated/α-hetero) is 1. The number of carbonyl (C=O) groups excluding carboxylic acids is 1. The molecule has 0 saturated carbocycles. The molecule has 0 aromatic carbocycles. The van der Waals surface area contributed by atoms with Gasteiger partial charge in [0.05, 0.1) is 0 Å². The second kappa shape index (κ2) is 8.99. The van der Waals surface area contributed by atoms with Crippen LogP contribution in [0.4, 0.5) is 0 Å². The second-order valence-electron chi connectivity index (χ2n) is 4.46. The van der Waals surface area contributed by atoms with Crippen molar-refractivity contribution in [2.24, 2.45) is 0 Å². The third-order valence-corrected chi connectivity index (χ3v) is 6.42. The molecule has 0 radical (unpaired) electrons. The molecule has 0 aliphatic carbocycles. The number of carbonyl (C=O) groups is 1. The van der Waals surface area contributed by atoms with Crippen molar-refractivity contribution in [2.75, 3.05) is 14.3 Å². The van der Waals surface area contributed by atoms with E-state index < -0.39 is 25.9 Å². The summed E-state index contributed by atoms with van der Waals surface area (Å²) in [6, 6.07) is 0. The number of allylic oxidation sites excluding steroid dienone is 4. The first-order valence-electron chi connectivity index (χ1n) is 6.17. The summed E-state index contributed by atoms with van der Waals surface area (Å²) in [6.07, 6.45) is 4.48. The summed E-state index contributed by atoms with van der Waals surface area (Å²) in [5, 5.41) is 20.1. The Kier molecular flexibility index (Phi) is 8.04. The molecule has 3 nitrogen and oxygen atoms in total. The standard InChI is InChI=1S/C15H21I2O3/c1-4-13(18)12(10-17(2)3)15(20)9-14(19)11-5-7-16-8-6-11/h4-7,10,15,18,20H,8-9H2,1-3H3/q-1/b12-10+,13-4+. The van der Waals surface area contributed by atoms with Crippen LogP contribution in [0.1, 0.15) is 13.3 Å². The van der Waals surface area contributed by atoms with E-state index in [0.29, 0.717) is 11.1 Å². The van der Waals surface area contributed by atoms with Crippen molar-refractivity contribution >= 4 is 25.6 Å². The number of hydrogen-bond acceptors (Lipinski definition) is 3. The van der Waals surface area contributed by atoms with Gasteiger partial charge in [0.1, 0.15) is 0 Å². The van der Waals surface area contributed by atoms with Crippen molar-refractivity contribution in [1.82, 2.24) is 0 Å². The van der Waals surface area contributed by atoms with E-state index in [9.17, 15) is 15.0 Å². The van der Waals surface area contributed by atoms with E-state index >= 15 is 0 Å². The number of aliphatic hydroxyl groups is 2. The van der Waals surface area contributed by atoms with Gasteiger partial charge in [0, 0.05) is 0 Å². The number of halogens is 2. The van der Waals surface area contributed by atoms with E-state index in [1.54, 1.807) is 13.0 Å². The van der Waals surface area contributed by atoms with Crippen molar-refractivity contribution in [2.45, 2.75) is 19.4 Å². The molecule has 0 spiro atoms. The molecule has 1 heterocycles. The van der Waals surface area contributed by atoms with Crippen LogP contribution in [-0.2, 0) is 4.79 Å². The average Bonchev–Trinajstić information content (AvgIpc) is 2.44. The molecule has 0 saturated heterocycles. The van der Waals surface area contributed by atoms with Crippen LogP contribution in [-0.4, -0.2) is 36.4 Å². The number of alkyl halides is 3. The Morgan fingerprint density at radius 2 is 2.25 bits per heavy atom. The first-order valence-corrected chi connectivity index (χ1v) is 14.5. The van der Waals surface area contributed by atoms with Gasteiger partial charge < -0.3 is 0 Å². The van der Waals surface area contributed by atoms with Gasteiger partial charge in [0.25, 0.3) is 0 Å². The van der Waals surface area contributed by atoms with Crippen LogP contribution in [0, 0.1) is 0 Å². The van der Waals surface area contributed by atoms with Crippen LogP contribution in [0.5, 0.6) is 0 Å². The molecule has 0 aromatic heterocycles. The van der Waals surface area contributed by atoms with Crippen molar-refractivity contribution in [3.05, 3.63) is 43.3 Å². The van der Waals surface area contributed by atoms with E-state index in [4.69, 9.17) is 0 Å². The van der Waals surface area contributed by atoms with Gasteiger partial charge in [-0.1, -0.05) is 0 Å². The number of rotatable bonds is 6. The molecule has 5 heteroatoms. The molecule has 1 unspecified atom stereocenters. The normalized spacial score (nSPS) is 19.0. The van der Waals surface area contributed by atoms with Gasteiger partial charge >= 0.3 is 139 Å². The molecular formula is C15H21I2O3-. The summed E-state index contributed by atoms with van der Waals surface area (Å²) in [5.74, 6) is 0.0233.